The van der Waals surface area contributed by atoms with E-state index in [1.807, 2.05) is 30.3 Å². The molecule has 1 aromatic rings. The smallest absolute Gasteiger partial charge is 0.338 e. The molecule has 0 aromatic heterocycles. The zero-order chi connectivity index (χ0) is 28.2. The molecule has 8 atom stereocenters. The molecule has 5 rings (SSSR count). The van der Waals surface area contributed by atoms with Crippen LogP contribution < -0.4 is 0 Å². The monoisotopic (exact) mass is 532 g/mol. The first-order valence-corrected chi connectivity index (χ1v) is 15.7. The molecule has 2 fully saturated rings. The van der Waals surface area contributed by atoms with Gasteiger partial charge in [0.2, 0.25) is 0 Å². The van der Waals surface area contributed by atoms with Gasteiger partial charge in [0.05, 0.1) is 11.7 Å². The van der Waals surface area contributed by atoms with Crippen molar-refractivity contribution >= 4 is 5.97 Å². The van der Waals surface area contributed by atoms with Crippen molar-refractivity contribution in [2.45, 2.75) is 118 Å². The highest BCUT2D eigenvalue weighted by atomic mass is 16.5. The van der Waals surface area contributed by atoms with Crippen molar-refractivity contribution in [1.82, 2.24) is 0 Å². The molecule has 3 heteroatoms. The second kappa shape index (κ2) is 10.5. The van der Waals surface area contributed by atoms with E-state index in [0.717, 1.165) is 38.5 Å². The van der Waals surface area contributed by atoms with Crippen LogP contribution in [-0.4, -0.2) is 23.3 Å². The molecule has 0 aliphatic heterocycles. The minimum absolute atomic E-state index is 0.0672. The molecule has 0 radical (unpaired) electrons. The third-order valence-electron chi connectivity index (χ3n) is 12.0. The van der Waals surface area contributed by atoms with Crippen molar-refractivity contribution < 1.29 is 14.6 Å². The number of allylic oxidation sites excluding steroid dienone is 3. The largest absolute Gasteiger partial charge is 0.458 e. The second-order valence-corrected chi connectivity index (χ2v) is 14.9. The van der Waals surface area contributed by atoms with Gasteiger partial charge in [0.15, 0.2) is 0 Å². The van der Waals surface area contributed by atoms with Gasteiger partial charge in [0.1, 0.15) is 6.10 Å². The van der Waals surface area contributed by atoms with E-state index in [1.165, 1.54) is 24.8 Å². The average Bonchev–Trinajstić information content (AvgIpc) is 3.16. The summed E-state index contributed by atoms with van der Waals surface area (Å²) in [5, 5.41) is 11.6. The first kappa shape index (κ1) is 28.7. The number of hydrogen-bond acceptors (Lipinski definition) is 3. The van der Waals surface area contributed by atoms with Gasteiger partial charge in [0.25, 0.3) is 0 Å². The summed E-state index contributed by atoms with van der Waals surface area (Å²) in [6.45, 7) is 16.5. The molecule has 4 aliphatic rings. The van der Waals surface area contributed by atoms with Gasteiger partial charge in [-0.15, -0.1) is 0 Å². The molecule has 0 heterocycles. The predicted octanol–water partition coefficient (Wildman–Crippen LogP) is 8.92. The first-order valence-electron chi connectivity index (χ1n) is 15.7. The number of carbonyl (C=O) groups is 1. The normalized spacial score (nSPS) is 37.8. The van der Waals surface area contributed by atoms with Crippen molar-refractivity contribution in [2.75, 3.05) is 0 Å². The highest BCUT2D eigenvalue weighted by molar-refractivity contribution is 5.89. The van der Waals surface area contributed by atoms with Gasteiger partial charge < -0.3 is 9.84 Å². The minimum atomic E-state index is -0.215. The Bertz CT molecular complexity index is 1130. The number of hydrogen-bond donors (Lipinski definition) is 1. The molecule has 39 heavy (non-hydrogen) atoms. The summed E-state index contributed by atoms with van der Waals surface area (Å²) in [5.41, 5.74) is 5.56. The molecule has 1 aromatic carbocycles. The molecule has 4 aliphatic carbocycles. The second-order valence-electron chi connectivity index (χ2n) is 14.9. The fourth-order valence-electron chi connectivity index (χ4n) is 10.1. The lowest BCUT2D eigenvalue weighted by Crippen LogP contribution is -2.55. The van der Waals surface area contributed by atoms with Crippen molar-refractivity contribution in [3.8, 4) is 0 Å². The first-order chi connectivity index (χ1) is 18.4. The summed E-state index contributed by atoms with van der Waals surface area (Å²) >= 11 is 0. The number of fused-ring (bicyclic) bond motifs is 4. The van der Waals surface area contributed by atoms with Crippen molar-refractivity contribution in [1.29, 1.82) is 0 Å². The van der Waals surface area contributed by atoms with E-state index >= 15 is 0 Å². The molecule has 1 N–H and O–H groups in total. The van der Waals surface area contributed by atoms with Gasteiger partial charge in [-0.3, -0.25) is 0 Å². The van der Waals surface area contributed by atoms with Gasteiger partial charge >= 0.3 is 5.97 Å². The molecule has 0 unspecified atom stereocenters. The summed E-state index contributed by atoms with van der Waals surface area (Å²) in [7, 11) is 0. The Kier molecular flexibility index (Phi) is 7.72. The molecule has 0 saturated heterocycles. The van der Waals surface area contributed by atoms with E-state index in [0.29, 0.717) is 29.2 Å². The van der Waals surface area contributed by atoms with Crippen LogP contribution in [0.5, 0.6) is 0 Å². The van der Waals surface area contributed by atoms with E-state index in [4.69, 9.17) is 4.74 Å². The number of aliphatic hydroxyl groups is 1. The lowest BCUT2D eigenvalue weighted by atomic mass is 9.45. The number of aliphatic hydroxyl groups excluding tert-OH is 1. The number of esters is 1. The lowest BCUT2D eigenvalue weighted by Gasteiger charge is -2.60. The predicted molar refractivity (Wildman–Crippen MR) is 159 cm³/mol. The average molecular weight is 533 g/mol. The molecular formula is C36H52O3. The Morgan fingerprint density at radius 1 is 1.08 bits per heavy atom. The van der Waals surface area contributed by atoms with Gasteiger partial charge in [-0.25, -0.2) is 4.79 Å². The van der Waals surface area contributed by atoms with Gasteiger partial charge in [-0.05, 0) is 112 Å². The third-order valence-corrected chi connectivity index (χ3v) is 12.0. The van der Waals surface area contributed by atoms with Gasteiger partial charge in [0, 0.05) is 11.3 Å². The van der Waals surface area contributed by atoms with Gasteiger partial charge in [-0.2, -0.15) is 0 Å². The fourth-order valence-corrected chi connectivity index (χ4v) is 10.1. The molecule has 0 spiro atoms. The minimum Gasteiger partial charge on any atom is -0.458 e. The van der Waals surface area contributed by atoms with Crippen molar-refractivity contribution in [2.24, 2.45) is 39.9 Å². The van der Waals surface area contributed by atoms with Crippen LogP contribution in [0.25, 0.3) is 0 Å². The summed E-state index contributed by atoms with van der Waals surface area (Å²) in [5.74, 6) is 1.82. The quantitative estimate of drug-likeness (QED) is 0.294. The summed E-state index contributed by atoms with van der Waals surface area (Å²) in [6, 6.07) is 9.43. The van der Waals surface area contributed by atoms with E-state index in [2.05, 4.69) is 54.5 Å². The van der Waals surface area contributed by atoms with Crippen LogP contribution in [0.15, 0.2) is 53.1 Å². The standard InChI is InChI=1S/C36H52O3/c1-23(2)12-11-13-24(3)28-22-29(37)32-26-16-17-30-34(4,5)31(39-33(38)25-14-9-8-10-15-25)19-21-35(30,6)27(26)18-20-36(28,32)7/h8-10,12,14-15,24,28-32,37H,11,13,16-22H2,1-7H3/t24-,28-,29-,30+,31+,32+,35-,36-/m1/s1. The highest BCUT2D eigenvalue weighted by Crippen LogP contribution is 2.68. The van der Waals surface area contributed by atoms with E-state index in [9.17, 15) is 9.90 Å². The number of benzene rings is 1. The maximum absolute atomic E-state index is 13.0. The van der Waals surface area contributed by atoms with Crippen molar-refractivity contribution in [3.63, 3.8) is 0 Å². The molecule has 214 valence electrons. The maximum atomic E-state index is 13.0. The zero-order valence-corrected chi connectivity index (χ0v) is 25.6. The van der Waals surface area contributed by atoms with Crippen molar-refractivity contribution in [3.05, 3.63) is 58.7 Å². The summed E-state index contributed by atoms with van der Waals surface area (Å²) < 4.78 is 6.21. The summed E-state index contributed by atoms with van der Waals surface area (Å²) in [4.78, 5) is 13.0. The van der Waals surface area contributed by atoms with Gasteiger partial charge in [-0.1, -0.05) is 75.6 Å². The van der Waals surface area contributed by atoms with Crippen LogP contribution in [0.2, 0.25) is 0 Å². The molecular weight excluding hydrogens is 480 g/mol. The Balaban J connectivity index is 1.37. The van der Waals surface area contributed by atoms with Crippen LogP contribution in [-0.2, 0) is 4.74 Å². The highest BCUT2D eigenvalue weighted by Gasteiger charge is 2.61. The lowest BCUT2D eigenvalue weighted by molar-refractivity contribution is -0.102. The van der Waals surface area contributed by atoms with Crippen LogP contribution in [0.1, 0.15) is 117 Å². The number of carbonyl (C=O) groups excluding carboxylic acids is 1. The Hall–Kier alpha value is -1.87. The van der Waals surface area contributed by atoms with Crippen LogP contribution in [0, 0.1) is 39.9 Å². The topological polar surface area (TPSA) is 46.5 Å². The zero-order valence-electron chi connectivity index (χ0n) is 25.6. The molecule has 2 saturated carbocycles. The Morgan fingerprint density at radius 2 is 1.79 bits per heavy atom. The number of ether oxygens (including phenoxy) is 1. The maximum Gasteiger partial charge on any atom is 0.338 e. The fraction of sp³-hybridized carbons (Fsp3) is 0.694. The van der Waals surface area contributed by atoms with E-state index < -0.39 is 0 Å². The third kappa shape index (κ3) is 4.85. The van der Waals surface area contributed by atoms with E-state index in [-0.39, 0.29) is 34.4 Å². The van der Waals surface area contributed by atoms with Crippen LogP contribution in [0.3, 0.4) is 0 Å². The Morgan fingerprint density at radius 3 is 2.49 bits per heavy atom. The Labute approximate surface area is 237 Å². The van der Waals surface area contributed by atoms with E-state index in [1.54, 1.807) is 11.1 Å². The summed E-state index contributed by atoms with van der Waals surface area (Å²) in [6.07, 6.45) is 12.0. The molecule has 0 bridgehead atoms. The van der Waals surface area contributed by atoms with Crippen LogP contribution in [0.4, 0.5) is 0 Å². The SMILES string of the molecule is CC(C)=CCC[C@@H](C)[C@H]1C[C@@H](O)[C@@H]2C3=C(CC[C@]12C)[C@@]1(C)CC[C@H](OC(=O)c2ccccc2)C(C)(C)[C@@H]1CC3. The molecule has 0 amide bonds. The molecule has 3 nitrogen and oxygen atoms in total. The number of rotatable bonds is 6. The van der Waals surface area contributed by atoms with Crippen LogP contribution >= 0.6 is 0 Å².